The molecule has 0 saturated carbocycles. The van der Waals surface area contributed by atoms with Crippen LogP contribution in [0.4, 0.5) is 15.9 Å². The molecule has 29 heavy (non-hydrogen) atoms. The number of rotatable bonds is 7. The van der Waals surface area contributed by atoms with Crippen LogP contribution in [0.15, 0.2) is 12.1 Å². The third-order valence-corrected chi connectivity index (χ3v) is 5.29. The number of benzene rings is 1. The van der Waals surface area contributed by atoms with Crippen LogP contribution < -0.4 is 10.2 Å². The van der Waals surface area contributed by atoms with E-state index in [1.165, 1.54) is 13.2 Å². The normalized spacial score (nSPS) is 16.1. The topological polar surface area (TPSA) is 117 Å². The van der Waals surface area contributed by atoms with Gasteiger partial charge >= 0.3 is 11.9 Å². The monoisotopic (exact) mass is 408 g/mol. The molecular formula is C19H25FN4O5. The Bertz CT molecular complexity index is 921. The lowest BCUT2D eigenvalue weighted by Crippen LogP contribution is -2.46. The molecule has 2 heterocycles. The molecule has 3 rings (SSSR count). The van der Waals surface area contributed by atoms with Crippen LogP contribution in [0.5, 0.6) is 0 Å². The Labute approximate surface area is 167 Å². The van der Waals surface area contributed by atoms with Crippen molar-refractivity contribution in [1.29, 1.82) is 0 Å². The average molecular weight is 408 g/mol. The van der Waals surface area contributed by atoms with Crippen LogP contribution in [-0.2, 0) is 21.4 Å². The summed E-state index contributed by atoms with van der Waals surface area (Å²) in [6.07, 6.45) is 0.507. The lowest BCUT2D eigenvalue weighted by atomic mass is 9.88. The number of halogens is 1. The Morgan fingerprint density at radius 2 is 2.03 bits per heavy atom. The molecule has 2 aromatic rings. The quantitative estimate of drug-likeness (QED) is 0.590. The van der Waals surface area contributed by atoms with Gasteiger partial charge in [0.2, 0.25) is 0 Å². The second-order valence-electron chi connectivity index (χ2n) is 7.33. The van der Waals surface area contributed by atoms with E-state index in [0.29, 0.717) is 48.3 Å². The third-order valence-electron chi connectivity index (χ3n) is 5.29. The molecule has 3 N–H and O–H groups in total. The maximum atomic E-state index is 14.9. The maximum Gasteiger partial charge on any atom is 0.308 e. The SMILES string of the molecule is COC(=O)CC1(O)CCN(c2cc3c(cc2F)c(NCCC(=O)O)nn3C)CC1. The second kappa shape index (κ2) is 8.24. The van der Waals surface area contributed by atoms with Crippen molar-refractivity contribution in [2.45, 2.75) is 31.3 Å². The highest BCUT2D eigenvalue weighted by Crippen LogP contribution is 2.34. The Morgan fingerprint density at radius 1 is 1.34 bits per heavy atom. The van der Waals surface area contributed by atoms with Crippen LogP contribution in [0.25, 0.3) is 10.9 Å². The van der Waals surface area contributed by atoms with Crippen LogP contribution >= 0.6 is 0 Å². The average Bonchev–Trinajstić information content (AvgIpc) is 2.96. The Kier molecular flexibility index (Phi) is 5.92. The zero-order chi connectivity index (χ0) is 21.2. The van der Waals surface area contributed by atoms with Gasteiger partial charge in [0.1, 0.15) is 5.82 Å². The molecule has 0 bridgehead atoms. The highest BCUT2D eigenvalue weighted by atomic mass is 19.1. The minimum atomic E-state index is -1.14. The van der Waals surface area contributed by atoms with E-state index in [9.17, 15) is 19.1 Å². The Morgan fingerprint density at radius 3 is 2.66 bits per heavy atom. The van der Waals surface area contributed by atoms with Crippen LogP contribution in [0.2, 0.25) is 0 Å². The van der Waals surface area contributed by atoms with Gasteiger partial charge < -0.3 is 25.2 Å². The van der Waals surface area contributed by atoms with Gasteiger partial charge in [0, 0.05) is 32.1 Å². The number of esters is 1. The first-order valence-corrected chi connectivity index (χ1v) is 9.38. The molecule has 0 radical (unpaired) electrons. The summed E-state index contributed by atoms with van der Waals surface area (Å²) in [4.78, 5) is 24.0. The van der Waals surface area contributed by atoms with E-state index in [2.05, 4.69) is 15.2 Å². The number of nitrogens with zero attached hydrogens (tertiary/aromatic N) is 3. The molecule has 9 nitrogen and oxygen atoms in total. The first-order chi connectivity index (χ1) is 13.7. The van der Waals surface area contributed by atoms with E-state index < -0.39 is 23.4 Å². The number of hydrogen-bond acceptors (Lipinski definition) is 7. The van der Waals surface area contributed by atoms with Gasteiger partial charge in [-0.3, -0.25) is 14.3 Å². The number of ether oxygens (including phenoxy) is 1. The fourth-order valence-electron chi connectivity index (χ4n) is 3.61. The number of aliphatic hydroxyl groups is 1. The summed E-state index contributed by atoms with van der Waals surface area (Å²) in [5, 5.41) is 27.1. The zero-order valence-electron chi connectivity index (χ0n) is 16.4. The summed E-state index contributed by atoms with van der Waals surface area (Å²) < 4.78 is 21.1. The highest BCUT2D eigenvalue weighted by molar-refractivity contribution is 5.92. The first kappa shape index (κ1) is 20.8. The molecule has 1 saturated heterocycles. The van der Waals surface area contributed by atoms with Crippen LogP contribution in [0.1, 0.15) is 25.7 Å². The number of methoxy groups -OCH3 is 1. The molecule has 0 amide bonds. The fraction of sp³-hybridized carbons (Fsp3) is 0.526. The number of piperidine rings is 1. The van der Waals surface area contributed by atoms with Gasteiger partial charge in [-0.05, 0) is 25.0 Å². The van der Waals surface area contributed by atoms with E-state index in [4.69, 9.17) is 5.11 Å². The van der Waals surface area contributed by atoms with E-state index >= 15 is 0 Å². The summed E-state index contributed by atoms with van der Waals surface area (Å²) in [6, 6.07) is 3.08. The van der Waals surface area contributed by atoms with Gasteiger partial charge in [-0.25, -0.2) is 4.39 Å². The molecule has 1 aliphatic heterocycles. The number of carboxylic acid groups (broad SMARTS) is 1. The van der Waals surface area contributed by atoms with E-state index in [1.807, 2.05) is 4.90 Å². The molecule has 1 aromatic heterocycles. The molecule has 0 aliphatic carbocycles. The molecule has 1 aliphatic rings. The number of aliphatic carboxylic acids is 1. The number of anilines is 2. The minimum absolute atomic E-state index is 0.0686. The minimum Gasteiger partial charge on any atom is -0.481 e. The van der Waals surface area contributed by atoms with Crippen LogP contribution in [0.3, 0.4) is 0 Å². The van der Waals surface area contributed by atoms with Crippen molar-refractivity contribution in [3.05, 3.63) is 17.9 Å². The summed E-state index contributed by atoms with van der Waals surface area (Å²) >= 11 is 0. The van der Waals surface area contributed by atoms with Gasteiger partial charge in [-0.2, -0.15) is 5.10 Å². The van der Waals surface area contributed by atoms with Crippen molar-refractivity contribution in [3.8, 4) is 0 Å². The molecule has 10 heteroatoms. The first-order valence-electron chi connectivity index (χ1n) is 9.38. The van der Waals surface area contributed by atoms with Gasteiger partial charge in [0.25, 0.3) is 0 Å². The Hall–Kier alpha value is -2.88. The Balaban J connectivity index is 1.77. The molecule has 158 valence electrons. The molecule has 1 aromatic carbocycles. The molecular weight excluding hydrogens is 383 g/mol. The number of hydrogen-bond donors (Lipinski definition) is 3. The largest absolute Gasteiger partial charge is 0.481 e. The van der Waals surface area contributed by atoms with Crippen LogP contribution in [0, 0.1) is 5.82 Å². The van der Waals surface area contributed by atoms with E-state index in [1.54, 1.807) is 17.8 Å². The van der Waals surface area contributed by atoms with Crippen molar-refractivity contribution >= 4 is 34.3 Å². The standard InChI is InChI=1S/C19H25FN4O5/c1-23-14-10-15(24-7-4-19(28,5-8-24)11-17(27)29-2)13(20)9-12(14)18(22-23)21-6-3-16(25)26/h9-10,28H,3-8,11H2,1-2H3,(H,21,22)(H,25,26). The van der Waals surface area contributed by atoms with Crippen molar-refractivity contribution < 1.29 is 28.9 Å². The maximum absolute atomic E-state index is 14.9. The predicted octanol–water partition coefficient (Wildman–Crippen LogP) is 1.49. The number of carbonyl (C=O) groups is 2. The molecule has 1 fully saturated rings. The lowest BCUT2D eigenvalue weighted by Gasteiger charge is -2.38. The number of nitrogens with one attached hydrogen (secondary N) is 1. The third kappa shape index (κ3) is 4.58. The molecule has 0 atom stereocenters. The molecule has 0 unspecified atom stereocenters. The van der Waals surface area contributed by atoms with Gasteiger partial charge in [0.15, 0.2) is 5.82 Å². The predicted molar refractivity (Wildman–Crippen MR) is 104 cm³/mol. The number of aromatic nitrogens is 2. The summed E-state index contributed by atoms with van der Waals surface area (Å²) in [5.41, 5.74) is -0.0369. The van der Waals surface area contributed by atoms with Gasteiger partial charge in [0.05, 0.1) is 36.8 Å². The number of fused-ring (bicyclic) bond motifs is 1. The van der Waals surface area contributed by atoms with Gasteiger partial charge in [-0.1, -0.05) is 0 Å². The molecule has 0 spiro atoms. The van der Waals surface area contributed by atoms with Gasteiger partial charge in [-0.15, -0.1) is 0 Å². The van der Waals surface area contributed by atoms with E-state index in [-0.39, 0.29) is 19.4 Å². The lowest BCUT2D eigenvalue weighted by molar-refractivity contribution is -0.147. The summed E-state index contributed by atoms with van der Waals surface area (Å²) in [5.74, 6) is -1.39. The summed E-state index contributed by atoms with van der Waals surface area (Å²) in [7, 11) is 3.02. The fourth-order valence-corrected chi connectivity index (χ4v) is 3.61. The van der Waals surface area contributed by atoms with Crippen LogP contribution in [-0.4, -0.2) is 64.3 Å². The van der Waals surface area contributed by atoms with Crippen molar-refractivity contribution in [3.63, 3.8) is 0 Å². The smallest absolute Gasteiger partial charge is 0.308 e. The highest BCUT2D eigenvalue weighted by Gasteiger charge is 2.35. The number of aryl methyl sites for hydroxylation is 1. The van der Waals surface area contributed by atoms with E-state index in [0.717, 1.165) is 0 Å². The van der Waals surface area contributed by atoms with Crippen molar-refractivity contribution in [2.75, 3.05) is 37.0 Å². The zero-order valence-corrected chi connectivity index (χ0v) is 16.4. The summed E-state index contributed by atoms with van der Waals surface area (Å²) in [6.45, 7) is 0.991. The van der Waals surface area contributed by atoms with Crippen molar-refractivity contribution in [1.82, 2.24) is 9.78 Å². The second-order valence-corrected chi connectivity index (χ2v) is 7.33. The number of carboxylic acids is 1. The van der Waals surface area contributed by atoms with Crippen molar-refractivity contribution in [2.24, 2.45) is 7.05 Å². The number of carbonyl (C=O) groups excluding carboxylic acids is 1.